The van der Waals surface area contributed by atoms with Crippen molar-refractivity contribution < 1.29 is 9.53 Å². The number of hydrogen-bond acceptors (Lipinski definition) is 3. The second kappa shape index (κ2) is 5.19. The molecule has 4 heteroatoms. The fourth-order valence-electron chi connectivity index (χ4n) is 1.49. The first-order valence-corrected chi connectivity index (χ1v) is 4.83. The maximum Gasteiger partial charge on any atom is 0.248 e. The fraction of sp³-hybridized carbons (Fsp3) is 0.889. The molecule has 0 bridgehead atoms. The zero-order valence-corrected chi connectivity index (χ0v) is 8.38. The molecule has 0 aromatic rings. The van der Waals surface area contributed by atoms with Crippen LogP contribution in [0.3, 0.4) is 0 Å². The van der Waals surface area contributed by atoms with Gasteiger partial charge in [0.25, 0.3) is 0 Å². The van der Waals surface area contributed by atoms with E-state index in [0.717, 1.165) is 19.6 Å². The summed E-state index contributed by atoms with van der Waals surface area (Å²) in [6.07, 6.45) is 0. The van der Waals surface area contributed by atoms with Crippen molar-refractivity contribution in [3.05, 3.63) is 0 Å². The Bertz CT molecular complexity index is 173. The topological polar surface area (TPSA) is 41.6 Å². The molecule has 0 aromatic heterocycles. The molecule has 0 radical (unpaired) electrons. The van der Waals surface area contributed by atoms with E-state index in [1.54, 1.807) is 0 Å². The van der Waals surface area contributed by atoms with Crippen molar-refractivity contribution in [3.63, 3.8) is 0 Å². The predicted molar refractivity (Wildman–Crippen MR) is 50.5 cm³/mol. The molecule has 0 saturated carbocycles. The highest BCUT2D eigenvalue weighted by molar-refractivity contribution is 5.78. The number of hydrogen-bond donors (Lipinski definition) is 1. The third-order valence-corrected chi connectivity index (χ3v) is 2.13. The Balaban J connectivity index is 2.29. The van der Waals surface area contributed by atoms with Crippen LogP contribution < -0.4 is 5.32 Å². The largest absolute Gasteiger partial charge is 0.370 e. The molecule has 1 rings (SSSR count). The lowest BCUT2D eigenvalue weighted by atomic mass is 10.3. The Kier molecular flexibility index (Phi) is 4.18. The van der Waals surface area contributed by atoms with Crippen LogP contribution >= 0.6 is 0 Å². The second-order valence-corrected chi connectivity index (χ2v) is 3.35. The Hall–Kier alpha value is -0.610. The third kappa shape index (κ3) is 3.32. The first kappa shape index (κ1) is 10.5. The van der Waals surface area contributed by atoms with Crippen molar-refractivity contribution in [2.75, 3.05) is 32.8 Å². The average Bonchev–Trinajstić information content (AvgIpc) is 2.09. The van der Waals surface area contributed by atoms with Gasteiger partial charge in [-0.25, -0.2) is 0 Å². The van der Waals surface area contributed by atoms with Gasteiger partial charge in [0.1, 0.15) is 6.61 Å². The van der Waals surface area contributed by atoms with Crippen LogP contribution in [0.25, 0.3) is 0 Å². The van der Waals surface area contributed by atoms with Crippen LogP contribution in [0.15, 0.2) is 0 Å². The van der Waals surface area contributed by atoms with Gasteiger partial charge in [0.15, 0.2) is 0 Å². The van der Waals surface area contributed by atoms with E-state index >= 15 is 0 Å². The quantitative estimate of drug-likeness (QED) is 0.663. The molecule has 1 unspecified atom stereocenters. The van der Waals surface area contributed by atoms with Gasteiger partial charge in [-0.1, -0.05) is 6.92 Å². The molecule has 0 spiro atoms. The molecule has 0 aliphatic carbocycles. The van der Waals surface area contributed by atoms with Crippen LogP contribution in [0.2, 0.25) is 0 Å². The lowest BCUT2D eigenvalue weighted by Gasteiger charge is -2.29. The van der Waals surface area contributed by atoms with E-state index in [1.807, 2.05) is 4.90 Å². The van der Waals surface area contributed by atoms with Gasteiger partial charge in [-0.3, -0.25) is 4.79 Å². The molecule has 4 nitrogen and oxygen atoms in total. The van der Waals surface area contributed by atoms with Gasteiger partial charge in [0.05, 0.1) is 6.61 Å². The number of carbonyl (C=O) groups is 1. The van der Waals surface area contributed by atoms with Crippen LogP contribution in [0.4, 0.5) is 0 Å². The molecule has 1 aliphatic rings. The van der Waals surface area contributed by atoms with Gasteiger partial charge in [-0.2, -0.15) is 0 Å². The van der Waals surface area contributed by atoms with E-state index in [2.05, 4.69) is 19.2 Å². The number of carbonyl (C=O) groups excluding carboxylic acids is 1. The smallest absolute Gasteiger partial charge is 0.248 e. The summed E-state index contributed by atoms with van der Waals surface area (Å²) in [4.78, 5) is 13.2. The van der Waals surface area contributed by atoms with Crippen LogP contribution in [-0.4, -0.2) is 49.7 Å². The van der Waals surface area contributed by atoms with Gasteiger partial charge < -0.3 is 15.0 Å². The number of morpholine rings is 1. The summed E-state index contributed by atoms with van der Waals surface area (Å²) in [5.74, 6) is 0.107. The van der Waals surface area contributed by atoms with Gasteiger partial charge in [-0.15, -0.1) is 0 Å². The Labute approximate surface area is 79.2 Å². The Morgan fingerprint density at radius 2 is 2.46 bits per heavy atom. The number of nitrogens with one attached hydrogen (secondary N) is 1. The van der Waals surface area contributed by atoms with E-state index < -0.39 is 0 Å². The van der Waals surface area contributed by atoms with Crippen LogP contribution in [0, 0.1) is 0 Å². The molecule has 1 saturated heterocycles. The minimum Gasteiger partial charge on any atom is -0.370 e. The summed E-state index contributed by atoms with van der Waals surface area (Å²) in [5.41, 5.74) is 0. The first-order chi connectivity index (χ1) is 6.24. The Morgan fingerprint density at radius 1 is 1.69 bits per heavy atom. The molecule has 76 valence electrons. The van der Waals surface area contributed by atoms with Crippen LogP contribution in [0.5, 0.6) is 0 Å². The number of rotatable bonds is 4. The zero-order valence-electron chi connectivity index (χ0n) is 8.38. The lowest BCUT2D eigenvalue weighted by Crippen LogP contribution is -2.47. The fourth-order valence-corrected chi connectivity index (χ4v) is 1.49. The molecule has 1 N–H and O–H groups in total. The van der Waals surface area contributed by atoms with Crippen molar-refractivity contribution in [2.24, 2.45) is 0 Å². The van der Waals surface area contributed by atoms with Crippen molar-refractivity contribution in [1.82, 2.24) is 10.2 Å². The molecule has 13 heavy (non-hydrogen) atoms. The van der Waals surface area contributed by atoms with E-state index in [0.29, 0.717) is 12.6 Å². The minimum absolute atomic E-state index is 0.107. The third-order valence-electron chi connectivity index (χ3n) is 2.13. The highest BCUT2D eigenvalue weighted by Crippen LogP contribution is 1.99. The summed E-state index contributed by atoms with van der Waals surface area (Å²) in [5, 5.41) is 3.28. The molecule has 1 atom stereocenters. The molecular formula is C9H18N2O2. The molecule has 1 amide bonds. The van der Waals surface area contributed by atoms with Gasteiger partial charge in [0, 0.05) is 19.1 Å². The average molecular weight is 186 g/mol. The molecule has 0 aromatic carbocycles. The van der Waals surface area contributed by atoms with Gasteiger partial charge in [0.2, 0.25) is 5.91 Å². The van der Waals surface area contributed by atoms with Crippen LogP contribution in [0.1, 0.15) is 13.8 Å². The normalized spacial score (nSPS) is 20.5. The van der Waals surface area contributed by atoms with E-state index in [4.69, 9.17) is 4.74 Å². The molecular weight excluding hydrogens is 168 g/mol. The second-order valence-electron chi connectivity index (χ2n) is 3.35. The molecule has 1 aliphatic heterocycles. The first-order valence-electron chi connectivity index (χ1n) is 4.83. The van der Waals surface area contributed by atoms with Crippen molar-refractivity contribution >= 4 is 5.91 Å². The van der Waals surface area contributed by atoms with Crippen molar-refractivity contribution in [1.29, 1.82) is 0 Å². The highest BCUT2D eigenvalue weighted by atomic mass is 16.5. The summed E-state index contributed by atoms with van der Waals surface area (Å²) >= 11 is 0. The zero-order chi connectivity index (χ0) is 9.68. The summed E-state index contributed by atoms with van der Waals surface area (Å²) in [6, 6.07) is 0.368. The maximum atomic E-state index is 11.3. The van der Waals surface area contributed by atoms with Crippen molar-refractivity contribution in [3.8, 4) is 0 Å². The lowest BCUT2D eigenvalue weighted by molar-refractivity contribution is -0.142. The van der Waals surface area contributed by atoms with E-state index in [1.165, 1.54) is 0 Å². The number of nitrogens with zero attached hydrogens (tertiary/aromatic N) is 1. The van der Waals surface area contributed by atoms with E-state index in [-0.39, 0.29) is 12.5 Å². The monoisotopic (exact) mass is 186 g/mol. The molecule has 1 fully saturated rings. The molecule has 1 heterocycles. The summed E-state index contributed by atoms with van der Waals surface area (Å²) < 4.78 is 5.04. The highest BCUT2D eigenvalue weighted by Gasteiger charge is 2.19. The number of amides is 1. The Morgan fingerprint density at radius 3 is 3.08 bits per heavy atom. The van der Waals surface area contributed by atoms with Crippen LogP contribution in [-0.2, 0) is 9.53 Å². The van der Waals surface area contributed by atoms with Crippen molar-refractivity contribution in [2.45, 2.75) is 19.9 Å². The SMILES string of the molecule is CCNC(C)CN1CCOCC1=O. The van der Waals surface area contributed by atoms with E-state index in [9.17, 15) is 4.79 Å². The summed E-state index contributed by atoms with van der Waals surface area (Å²) in [6.45, 7) is 7.54. The predicted octanol–water partition coefficient (Wildman–Crippen LogP) is -0.157. The summed E-state index contributed by atoms with van der Waals surface area (Å²) in [7, 11) is 0. The van der Waals surface area contributed by atoms with Gasteiger partial charge >= 0.3 is 0 Å². The number of ether oxygens (including phenoxy) is 1. The standard InChI is InChI=1S/C9H18N2O2/c1-3-10-8(2)6-11-4-5-13-7-9(11)12/h8,10H,3-7H2,1-2H3. The maximum absolute atomic E-state index is 11.3. The number of likely N-dealkylation sites (N-methyl/N-ethyl adjacent to an activating group) is 1. The van der Waals surface area contributed by atoms with Gasteiger partial charge in [-0.05, 0) is 13.5 Å². The minimum atomic E-state index is 0.107.